The second-order valence-corrected chi connectivity index (χ2v) is 5.31. The first-order valence-electron chi connectivity index (χ1n) is 7.61. The Morgan fingerprint density at radius 1 is 1.12 bits per heavy atom. The van der Waals surface area contributed by atoms with Gasteiger partial charge in [-0.25, -0.2) is 4.39 Å². The molecule has 124 valence electrons. The molecular weight excluding hydrogens is 307 g/mol. The summed E-state index contributed by atoms with van der Waals surface area (Å²) >= 11 is 0. The summed E-state index contributed by atoms with van der Waals surface area (Å²) in [5, 5.41) is 5.43. The third-order valence-corrected chi connectivity index (χ3v) is 3.26. The predicted octanol–water partition coefficient (Wildman–Crippen LogP) is 3.16. The molecule has 0 heterocycles. The van der Waals surface area contributed by atoms with Crippen LogP contribution < -0.4 is 10.6 Å². The number of carbonyl (C=O) groups excluding carboxylic acids is 2. The SMILES string of the molecule is CC(=O)Nc1ccc(/C=C/C(=O)NCCc2cccc(F)c2)cc1. The summed E-state index contributed by atoms with van der Waals surface area (Å²) in [7, 11) is 0. The van der Waals surface area contributed by atoms with Crippen LogP contribution in [0.1, 0.15) is 18.1 Å². The van der Waals surface area contributed by atoms with Gasteiger partial charge in [0.1, 0.15) is 5.82 Å². The van der Waals surface area contributed by atoms with Crippen LogP contribution in [0.2, 0.25) is 0 Å². The summed E-state index contributed by atoms with van der Waals surface area (Å²) in [6.07, 6.45) is 3.71. The average molecular weight is 326 g/mol. The standard InChI is InChI=1S/C19H19FN2O2/c1-14(23)22-18-8-5-15(6-9-18)7-10-19(24)21-12-11-16-3-2-4-17(20)13-16/h2-10,13H,11-12H2,1H3,(H,21,24)(H,22,23)/b10-7+. The molecule has 4 nitrogen and oxygen atoms in total. The van der Waals surface area contributed by atoms with E-state index in [-0.39, 0.29) is 17.6 Å². The highest BCUT2D eigenvalue weighted by Gasteiger charge is 1.99. The fourth-order valence-corrected chi connectivity index (χ4v) is 2.13. The zero-order valence-electron chi connectivity index (χ0n) is 13.4. The van der Waals surface area contributed by atoms with E-state index < -0.39 is 0 Å². The van der Waals surface area contributed by atoms with E-state index in [9.17, 15) is 14.0 Å². The molecule has 0 aliphatic rings. The molecule has 0 aromatic heterocycles. The first-order chi connectivity index (χ1) is 11.5. The molecule has 5 heteroatoms. The second-order valence-electron chi connectivity index (χ2n) is 5.31. The van der Waals surface area contributed by atoms with Crippen molar-refractivity contribution in [3.63, 3.8) is 0 Å². The molecule has 0 aliphatic carbocycles. The lowest BCUT2D eigenvalue weighted by Gasteiger charge is -2.03. The molecule has 2 aromatic rings. The highest BCUT2D eigenvalue weighted by molar-refractivity contribution is 5.92. The van der Waals surface area contributed by atoms with E-state index >= 15 is 0 Å². The molecule has 2 aromatic carbocycles. The van der Waals surface area contributed by atoms with Crippen LogP contribution in [0.4, 0.5) is 10.1 Å². The maximum atomic E-state index is 13.0. The zero-order chi connectivity index (χ0) is 17.4. The van der Waals surface area contributed by atoms with E-state index in [4.69, 9.17) is 0 Å². The van der Waals surface area contributed by atoms with Gasteiger partial charge in [-0.1, -0.05) is 24.3 Å². The lowest BCUT2D eigenvalue weighted by Crippen LogP contribution is -2.23. The predicted molar refractivity (Wildman–Crippen MR) is 92.9 cm³/mol. The Bertz CT molecular complexity index is 739. The van der Waals surface area contributed by atoms with Crippen molar-refractivity contribution < 1.29 is 14.0 Å². The molecule has 0 spiro atoms. The first-order valence-corrected chi connectivity index (χ1v) is 7.61. The van der Waals surface area contributed by atoms with Crippen LogP contribution in [0, 0.1) is 5.82 Å². The Hall–Kier alpha value is -2.95. The third kappa shape index (κ3) is 6.04. The van der Waals surface area contributed by atoms with Gasteiger partial charge in [0, 0.05) is 25.2 Å². The van der Waals surface area contributed by atoms with Crippen molar-refractivity contribution in [3.05, 3.63) is 71.6 Å². The van der Waals surface area contributed by atoms with E-state index in [1.54, 1.807) is 24.3 Å². The molecule has 2 N–H and O–H groups in total. The van der Waals surface area contributed by atoms with Crippen LogP contribution in [-0.2, 0) is 16.0 Å². The fraction of sp³-hybridized carbons (Fsp3) is 0.158. The Labute approximate surface area is 140 Å². The van der Waals surface area contributed by atoms with Gasteiger partial charge < -0.3 is 10.6 Å². The Kier molecular flexibility index (Phi) is 6.25. The van der Waals surface area contributed by atoms with Gasteiger partial charge in [-0.3, -0.25) is 9.59 Å². The van der Waals surface area contributed by atoms with Gasteiger partial charge in [-0.05, 0) is 47.9 Å². The molecule has 0 radical (unpaired) electrons. The minimum Gasteiger partial charge on any atom is -0.352 e. The number of amides is 2. The molecule has 2 amide bonds. The summed E-state index contributed by atoms with van der Waals surface area (Å²) in [6, 6.07) is 13.5. The van der Waals surface area contributed by atoms with E-state index in [0.29, 0.717) is 18.7 Å². The van der Waals surface area contributed by atoms with Crippen LogP contribution in [0.15, 0.2) is 54.6 Å². The van der Waals surface area contributed by atoms with E-state index in [0.717, 1.165) is 11.1 Å². The van der Waals surface area contributed by atoms with E-state index in [1.165, 1.54) is 25.1 Å². The number of nitrogens with one attached hydrogen (secondary N) is 2. The van der Waals surface area contributed by atoms with Crippen molar-refractivity contribution in [1.29, 1.82) is 0 Å². The molecule has 0 unspecified atom stereocenters. The number of hydrogen-bond acceptors (Lipinski definition) is 2. The summed E-state index contributed by atoms with van der Waals surface area (Å²) < 4.78 is 13.0. The number of benzene rings is 2. The number of carbonyl (C=O) groups is 2. The van der Waals surface area contributed by atoms with Crippen molar-refractivity contribution in [2.24, 2.45) is 0 Å². The number of rotatable bonds is 6. The summed E-state index contributed by atoms with van der Waals surface area (Å²) in [4.78, 5) is 22.7. The van der Waals surface area contributed by atoms with Crippen molar-refractivity contribution in [2.45, 2.75) is 13.3 Å². The average Bonchev–Trinajstić information content (AvgIpc) is 2.54. The Morgan fingerprint density at radius 2 is 1.88 bits per heavy atom. The van der Waals surface area contributed by atoms with Crippen molar-refractivity contribution >= 4 is 23.6 Å². The molecular formula is C19H19FN2O2. The van der Waals surface area contributed by atoms with Gasteiger partial charge in [0.05, 0.1) is 0 Å². The second kappa shape index (κ2) is 8.62. The van der Waals surface area contributed by atoms with Gasteiger partial charge >= 0.3 is 0 Å². The van der Waals surface area contributed by atoms with Crippen LogP contribution in [0.3, 0.4) is 0 Å². The third-order valence-electron chi connectivity index (χ3n) is 3.26. The van der Waals surface area contributed by atoms with Crippen LogP contribution in [0.25, 0.3) is 6.08 Å². The van der Waals surface area contributed by atoms with Gasteiger partial charge in [0.2, 0.25) is 11.8 Å². The largest absolute Gasteiger partial charge is 0.352 e. The number of hydrogen-bond donors (Lipinski definition) is 2. The minimum atomic E-state index is -0.276. The number of anilines is 1. The molecule has 0 atom stereocenters. The summed E-state index contributed by atoms with van der Waals surface area (Å²) in [6.45, 7) is 1.88. The first kappa shape index (κ1) is 17.4. The molecule has 2 rings (SSSR count). The van der Waals surface area contributed by atoms with Gasteiger partial charge in [-0.2, -0.15) is 0 Å². The molecule has 0 saturated carbocycles. The van der Waals surface area contributed by atoms with Crippen LogP contribution >= 0.6 is 0 Å². The van der Waals surface area contributed by atoms with Crippen molar-refractivity contribution in [2.75, 3.05) is 11.9 Å². The zero-order valence-corrected chi connectivity index (χ0v) is 13.4. The van der Waals surface area contributed by atoms with Crippen molar-refractivity contribution in [3.8, 4) is 0 Å². The molecule has 0 saturated heterocycles. The Morgan fingerprint density at radius 3 is 2.54 bits per heavy atom. The van der Waals surface area contributed by atoms with E-state index in [1.807, 2.05) is 18.2 Å². The lowest BCUT2D eigenvalue weighted by molar-refractivity contribution is -0.116. The smallest absolute Gasteiger partial charge is 0.244 e. The Balaban J connectivity index is 1.79. The maximum Gasteiger partial charge on any atom is 0.244 e. The maximum absolute atomic E-state index is 13.0. The molecule has 0 fully saturated rings. The minimum absolute atomic E-state index is 0.129. The number of halogens is 1. The van der Waals surface area contributed by atoms with Crippen molar-refractivity contribution in [1.82, 2.24) is 5.32 Å². The van der Waals surface area contributed by atoms with Gasteiger partial charge in [0.15, 0.2) is 0 Å². The van der Waals surface area contributed by atoms with Crippen LogP contribution in [0.5, 0.6) is 0 Å². The molecule has 24 heavy (non-hydrogen) atoms. The summed E-state index contributed by atoms with van der Waals surface area (Å²) in [5.41, 5.74) is 2.40. The molecule has 0 bridgehead atoms. The lowest BCUT2D eigenvalue weighted by atomic mass is 10.1. The highest BCUT2D eigenvalue weighted by atomic mass is 19.1. The van der Waals surface area contributed by atoms with E-state index in [2.05, 4.69) is 10.6 Å². The quantitative estimate of drug-likeness (QED) is 0.801. The van der Waals surface area contributed by atoms with Gasteiger partial charge in [0.25, 0.3) is 0 Å². The van der Waals surface area contributed by atoms with Crippen LogP contribution in [-0.4, -0.2) is 18.4 Å². The fourth-order valence-electron chi connectivity index (χ4n) is 2.13. The van der Waals surface area contributed by atoms with Gasteiger partial charge in [-0.15, -0.1) is 0 Å². The highest BCUT2D eigenvalue weighted by Crippen LogP contribution is 2.10. The topological polar surface area (TPSA) is 58.2 Å². The monoisotopic (exact) mass is 326 g/mol. The normalized spacial score (nSPS) is 10.6. The molecule has 0 aliphatic heterocycles. The summed E-state index contributed by atoms with van der Waals surface area (Å²) in [5.74, 6) is -0.616.